The van der Waals surface area contributed by atoms with Crippen molar-refractivity contribution in [3.8, 4) is 5.69 Å². The van der Waals surface area contributed by atoms with E-state index in [1.807, 2.05) is 30.5 Å². The molecule has 0 spiro atoms. The number of fused-ring (bicyclic) bond motifs is 1. The second kappa shape index (κ2) is 3.49. The highest BCUT2D eigenvalue weighted by Crippen LogP contribution is 2.20. The number of pyridine rings is 1. The van der Waals surface area contributed by atoms with Crippen LogP contribution in [0.3, 0.4) is 0 Å². The SMILES string of the molecule is Cc1ccnc2c1ccn2-c1ccccc1. The number of rotatable bonds is 1. The van der Waals surface area contributed by atoms with Gasteiger partial charge in [-0.15, -0.1) is 0 Å². The molecule has 2 heteroatoms. The van der Waals surface area contributed by atoms with Gasteiger partial charge in [0.2, 0.25) is 0 Å². The van der Waals surface area contributed by atoms with E-state index in [0.717, 1.165) is 11.3 Å². The topological polar surface area (TPSA) is 17.8 Å². The molecule has 2 aromatic heterocycles. The summed E-state index contributed by atoms with van der Waals surface area (Å²) in [6.45, 7) is 2.11. The summed E-state index contributed by atoms with van der Waals surface area (Å²) in [5, 5.41) is 1.21. The highest BCUT2D eigenvalue weighted by molar-refractivity contribution is 5.81. The molecule has 0 aliphatic rings. The van der Waals surface area contributed by atoms with Crippen LogP contribution >= 0.6 is 0 Å². The first kappa shape index (κ1) is 9.16. The molecule has 1 aromatic carbocycles. The fourth-order valence-corrected chi connectivity index (χ4v) is 1.97. The fraction of sp³-hybridized carbons (Fsp3) is 0.0714. The maximum atomic E-state index is 4.44. The lowest BCUT2D eigenvalue weighted by atomic mass is 10.2. The number of aryl methyl sites for hydroxylation is 1. The third-order valence-corrected chi connectivity index (χ3v) is 2.84. The highest BCUT2D eigenvalue weighted by Gasteiger charge is 2.04. The molecule has 0 aliphatic carbocycles. The Morgan fingerprint density at radius 2 is 1.81 bits per heavy atom. The Balaban J connectivity index is 2.30. The summed E-state index contributed by atoms with van der Waals surface area (Å²) in [6.07, 6.45) is 3.93. The van der Waals surface area contributed by atoms with Gasteiger partial charge in [0, 0.05) is 23.5 Å². The zero-order chi connectivity index (χ0) is 11.0. The Kier molecular flexibility index (Phi) is 2.00. The van der Waals surface area contributed by atoms with Crippen molar-refractivity contribution in [2.75, 3.05) is 0 Å². The van der Waals surface area contributed by atoms with E-state index < -0.39 is 0 Å². The standard InChI is InChI=1S/C14H12N2/c1-11-7-9-15-14-13(11)8-10-16(14)12-5-3-2-4-6-12/h2-10H,1H3. The van der Waals surface area contributed by atoms with Gasteiger partial charge in [-0.2, -0.15) is 0 Å². The summed E-state index contributed by atoms with van der Waals surface area (Å²) in [5.74, 6) is 0. The Bertz CT molecular complexity index is 624. The van der Waals surface area contributed by atoms with Crippen LogP contribution in [0.1, 0.15) is 5.56 Å². The van der Waals surface area contributed by atoms with E-state index in [2.05, 4.69) is 40.9 Å². The zero-order valence-electron chi connectivity index (χ0n) is 9.09. The lowest BCUT2D eigenvalue weighted by Crippen LogP contribution is -1.93. The number of hydrogen-bond acceptors (Lipinski definition) is 1. The van der Waals surface area contributed by atoms with Gasteiger partial charge in [-0.05, 0) is 36.8 Å². The van der Waals surface area contributed by atoms with E-state index in [1.54, 1.807) is 0 Å². The van der Waals surface area contributed by atoms with Gasteiger partial charge in [0.25, 0.3) is 0 Å². The molecule has 0 fully saturated rings. The van der Waals surface area contributed by atoms with Crippen LogP contribution in [-0.2, 0) is 0 Å². The molecule has 78 valence electrons. The molecule has 2 heterocycles. The Labute approximate surface area is 94.2 Å². The average molecular weight is 208 g/mol. The summed E-state index contributed by atoms with van der Waals surface area (Å²) in [6, 6.07) is 14.4. The van der Waals surface area contributed by atoms with Crippen LogP contribution in [0.25, 0.3) is 16.7 Å². The van der Waals surface area contributed by atoms with E-state index in [-0.39, 0.29) is 0 Å². The summed E-state index contributed by atoms with van der Waals surface area (Å²) in [5.41, 5.74) is 3.43. The molecule has 2 nitrogen and oxygen atoms in total. The molecule has 0 bridgehead atoms. The fourth-order valence-electron chi connectivity index (χ4n) is 1.97. The summed E-state index contributed by atoms with van der Waals surface area (Å²) in [7, 11) is 0. The quantitative estimate of drug-likeness (QED) is 0.599. The van der Waals surface area contributed by atoms with Crippen LogP contribution in [-0.4, -0.2) is 9.55 Å². The van der Waals surface area contributed by atoms with E-state index >= 15 is 0 Å². The van der Waals surface area contributed by atoms with Gasteiger partial charge in [-0.25, -0.2) is 4.98 Å². The molecule has 0 N–H and O–H groups in total. The van der Waals surface area contributed by atoms with Crippen molar-refractivity contribution >= 4 is 11.0 Å². The molecular formula is C14H12N2. The van der Waals surface area contributed by atoms with Gasteiger partial charge in [-0.1, -0.05) is 18.2 Å². The minimum Gasteiger partial charge on any atom is -0.301 e. The number of aromatic nitrogens is 2. The normalized spacial score (nSPS) is 10.8. The zero-order valence-corrected chi connectivity index (χ0v) is 9.09. The minimum absolute atomic E-state index is 1.02. The van der Waals surface area contributed by atoms with Crippen molar-refractivity contribution in [1.29, 1.82) is 0 Å². The van der Waals surface area contributed by atoms with Gasteiger partial charge in [-0.3, -0.25) is 0 Å². The van der Waals surface area contributed by atoms with E-state index in [1.165, 1.54) is 10.9 Å². The van der Waals surface area contributed by atoms with Gasteiger partial charge >= 0.3 is 0 Å². The molecular weight excluding hydrogens is 196 g/mol. The highest BCUT2D eigenvalue weighted by atomic mass is 15.0. The van der Waals surface area contributed by atoms with E-state index in [4.69, 9.17) is 0 Å². The number of nitrogens with zero attached hydrogens (tertiary/aromatic N) is 2. The largest absolute Gasteiger partial charge is 0.301 e. The molecule has 0 unspecified atom stereocenters. The number of hydrogen-bond donors (Lipinski definition) is 0. The lowest BCUT2D eigenvalue weighted by molar-refractivity contribution is 1.09. The third kappa shape index (κ3) is 1.31. The van der Waals surface area contributed by atoms with Crippen molar-refractivity contribution < 1.29 is 0 Å². The number of para-hydroxylation sites is 1. The Hall–Kier alpha value is -2.09. The maximum Gasteiger partial charge on any atom is 0.144 e. The molecule has 3 rings (SSSR count). The Morgan fingerprint density at radius 1 is 1.00 bits per heavy atom. The van der Waals surface area contributed by atoms with Crippen molar-refractivity contribution in [3.05, 3.63) is 60.4 Å². The monoisotopic (exact) mass is 208 g/mol. The predicted molar refractivity (Wildman–Crippen MR) is 65.8 cm³/mol. The molecule has 0 aliphatic heterocycles. The summed E-state index contributed by atoms with van der Waals surface area (Å²) in [4.78, 5) is 4.44. The Morgan fingerprint density at radius 3 is 2.62 bits per heavy atom. The molecule has 3 aromatic rings. The maximum absolute atomic E-state index is 4.44. The molecule has 0 saturated heterocycles. The second-order valence-corrected chi connectivity index (χ2v) is 3.89. The molecule has 0 atom stereocenters. The first-order valence-electron chi connectivity index (χ1n) is 5.34. The predicted octanol–water partition coefficient (Wildman–Crippen LogP) is 3.33. The molecule has 0 amide bonds. The van der Waals surface area contributed by atoms with E-state index in [0.29, 0.717) is 0 Å². The second-order valence-electron chi connectivity index (χ2n) is 3.89. The summed E-state index contributed by atoms with van der Waals surface area (Å²) >= 11 is 0. The van der Waals surface area contributed by atoms with Crippen LogP contribution in [0.5, 0.6) is 0 Å². The van der Waals surface area contributed by atoms with Gasteiger partial charge in [0.1, 0.15) is 5.65 Å². The van der Waals surface area contributed by atoms with Crippen molar-refractivity contribution in [1.82, 2.24) is 9.55 Å². The molecule has 0 saturated carbocycles. The van der Waals surface area contributed by atoms with E-state index in [9.17, 15) is 0 Å². The first-order chi connectivity index (χ1) is 7.86. The van der Waals surface area contributed by atoms with Gasteiger partial charge < -0.3 is 4.57 Å². The van der Waals surface area contributed by atoms with Crippen LogP contribution in [0.15, 0.2) is 54.9 Å². The molecule has 16 heavy (non-hydrogen) atoms. The molecule has 0 radical (unpaired) electrons. The van der Waals surface area contributed by atoms with Gasteiger partial charge in [0.05, 0.1) is 0 Å². The van der Waals surface area contributed by atoms with Crippen molar-refractivity contribution in [2.45, 2.75) is 6.92 Å². The smallest absolute Gasteiger partial charge is 0.144 e. The minimum atomic E-state index is 1.02. The lowest BCUT2D eigenvalue weighted by Gasteiger charge is -2.04. The van der Waals surface area contributed by atoms with Crippen molar-refractivity contribution in [3.63, 3.8) is 0 Å². The average Bonchev–Trinajstić information content (AvgIpc) is 2.75. The van der Waals surface area contributed by atoms with Crippen molar-refractivity contribution in [2.24, 2.45) is 0 Å². The third-order valence-electron chi connectivity index (χ3n) is 2.84. The summed E-state index contributed by atoms with van der Waals surface area (Å²) < 4.78 is 2.11. The van der Waals surface area contributed by atoms with Crippen LogP contribution in [0.2, 0.25) is 0 Å². The van der Waals surface area contributed by atoms with Crippen LogP contribution < -0.4 is 0 Å². The first-order valence-corrected chi connectivity index (χ1v) is 5.34. The van der Waals surface area contributed by atoms with Gasteiger partial charge in [0.15, 0.2) is 0 Å². The van der Waals surface area contributed by atoms with Crippen LogP contribution in [0.4, 0.5) is 0 Å². The number of benzene rings is 1. The van der Waals surface area contributed by atoms with Crippen LogP contribution in [0, 0.1) is 6.92 Å².